The first kappa shape index (κ1) is 21.5. The van der Waals surface area contributed by atoms with E-state index in [0.29, 0.717) is 4.90 Å². The van der Waals surface area contributed by atoms with Crippen LogP contribution in [0.5, 0.6) is 5.75 Å². The predicted octanol–water partition coefficient (Wildman–Crippen LogP) is 2.38. The van der Waals surface area contributed by atoms with Crippen molar-refractivity contribution in [3.63, 3.8) is 0 Å². The van der Waals surface area contributed by atoms with E-state index in [2.05, 4.69) is 0 Å². The van der Waals surface area contributed by atoms with E-state index in [1.165, 1.54) is 30.3 Å². The number of nitrogens with one attached hydrogen (secondary N) is 1. The molecular weight excluding hydrogens is 434 g/mol. The molecule has 0 radical (unpaired) electrons. The van der Waals surface area contributed by atoms with Crippen molar-refractivity contribution in [3.05, 3.63) is 68.7 Å². The van der Waals surface area contributed by atoms with E-state index < -0.39 is 40.9 Å². The Morgan fingerprint density at radius 2 is 1.87 bits per heavy atom. The summed E-state index contributed by atoms with van der Waals surface area (Å²) in [6.07, 6.45) is 1.10. The molecule has 0 unspecified atom stereocenters. The van der Waals surface area contributed by atoms with Crippen molar-refractivity contribution in [1.82, 2.24) is 5.32 Å². The van der Waals surface area contributed by atoms with Crippen LogP contribution in [-0.4, -0.2) is 40.5 Å². The number of amides is 4. The second-order valence-corrected chi connectivity index (χ2v) is 6.53. The van der Waals surface area contributed by atoms with Crippen molar-refractivity contribution < 1.29 is 33.9 Å². The quantitative estimate of drug-likeness (QED) is 0.297. The van der Waals surface area contributed by atoms with Gasteiger partial charge in [0.25, 0.3) is 17.5 Å². The van der Waals surface area contributed by atoms with Crippen molar-refractivity contribution in [2.24, 2.45) is 0 Å². The summed E-state index contributed by atoms with van der Waals surface area (Å²) in [6, 6.07) is 7.68. The number of urea groups is 1. The Bertz CT molecular complexity index is 1140. The van der Waals surface area contributed by atoms with E-state index in [-0.39, 0.29) is 27.7 Å². The first-order valence-corrected chi connectivity index (χ1v) is 8.85. The summed E-state index contributed by atoms with van der Waals surface area (Å²) in [5.74, 6) is -3.18. The number of rotatable bonds is 6. The Labute approximate surface area is 178 Å². The van der Waals surface area contributed by atoms with Crippen molar-refractivity contribution in [3.8, 4) is 5.75 Å². The lowest BCUT2D eigenvalue weighted by molar-refractivity contribution is -0.384. The number of barbiturate groups is 1. The normalized spacial score (nSPS) is 15.1. The average Bonchev–Trinajstić information content (AvgIpc) is 2.70. The minimum atomic E-state index is -1.24. The topological polar surface area (TPSA) is 156 Å². The number of hydrogen-bond donors (Lipinski definition) is 2. The molecule has 1 fully saturated rings. The van der Waals surface area contributed by atoms with Gasteiger partial charge in [-0.1, -0.05) is 11.6 Å². The van der Waals surface area contributed by atoms with Gasteiger partial charge in [-0.15, -0.1) is 0 Å². The number of nitro groups is 1. The smallest absolute Gasteiger partial charge is 0.341 e. The summed E-state index contributed by atoms with van der Waals surface area (Å²) in [7, 11) is 0. The van der Waals surface area contributed by atoms with Gasteiger partial charge >= 0.3 is 12.0 Å². The number of nitrogens with zero attached hydrogens (tertiary/aromatic N) is 2. The van der Waals surface area contributed by atoms with Crippen LogP contribution in [0, 0.1) is 10.1 Å². The Hall–Kier alpha value is -4.25. The lowest BCUT2D eigenvalue weighted by atomic mass is 10.1. The molecule has 0 saturated carbocycles. The largest absolute Gasteiger partial charge is 0.481 e. The number of anilines is 1. The number of carboxylic acid groups (broad SMARTS) is 1. The van der Waals surface area contributed by atoms with Crippen molar-refractivity contribution >= 4 is 52.9 Å². The molecule has 2 aromatic carbocycles. The standard InChI is InChI=1S/C19H12ClN3O8/c20-11-1-6-15(31-9-16(24)25)10(7-11)8-14-17(26)21-19(28)22(18(14)27)12-2-4-13(5-3-12)23(29)30/h1-8H,9H2,(H,24,25)(H,21,26,28)/b14-8+. The number of carbonyl (C=O) groups is 4. The molecule has 0 aliphatic carbocycles. The number of carbonyl (C=O) groups excluding carboxylic acids is 3. The Morgan fingerprint density at radius 1 is 1.19 bits per heavy atom. The van der Waals surface area contributed by atoms with Crippen LogP contribution >= 0.6 is 11.6 Å². The van der Waals surface area contributed by atoms with Crippen LogP contribution in [0.25, 0.3) is 6.08 Å². The number of non-ortho nitro benzene ring substituents is 1. The number of imide groups is 2. The third kappa shape index (κ3) is 4.67. The van der Waals surface area contributed by atoms with Crippen molar-refractivity contribution in [2.75, 3.05) is 11.5 Å². The van der Waals surface area contributed by atoms with Crippen LogP contribution in [-0.2, 0) is 14.4 Å². The molecule has 3 rings (SSSR count). The Kier molecular flexibility index (Phi) is 5.97. The van der Waals surface area contributed by atoms with E-state index in [1.807, 2.05) is 5.32 Å². The van der Waals surface area contributed by atoms with Gasteiger partial charge < -0.3 is 9.84 Å². The lowest BCUT2D eigenvalue weighted by Crippen LogP contribution is -2.54. The number of aliphatic carboxylic acids is 1. The third-order valence-electron chi connectivity index (χ3n) is 4.04. The number of halogens is 1. The van der Waals surface area contributed by atoms with E-state index in [1.54, 1.807) is 0 Å². The van der Waals surface area contributed by atoms with E-state index in [4.69, 9.17) is 21.4 Å². The van der Waals surface area contributed by atoms with Gasteiger partial charge in [-0.25, -0.2) is 14.5 Å². The highest BCUT2D eigenvalue weighted by Crippen LogP contribution is 2.28. The van der Waals surface area contributed by atoms with E-state index in [9.17, 15) is 29.3 Å². The molecule has 4 amide bonds. The highest BCUT2D eigenvalue weighted by atomic mass is 35.5. The summed E-state index contributed by atoms with van der Waals surface area (Å²) in [5.41, 5.74) is -0.579. The van der Waals surface area contributed by atoms with Gasteiger partial charge in [0.1, 0.15) is 11.3 Å². The van der Waals surface area contributed by atoms with Crippen LogP contribution in [0.2, 0.25) is 5.02 Å². The summed E-state index contributed by atoms with van der Waals surface area (Å²) in [6.45, 7) is -0.675. The fraction of sp³-hybridized carbons (Fsp3) is 0.0526. The first-order valence-electron chi connectivity index (χ1n) is 8.47. The molecule has 11 nitrogen and oxygen atoms in total. The van der Waals surface area contributed by atoms with Gasteiger partial charge in [0.15, 0.2) is 6.61 Å². The maximum atomic E-state index is 12.9. The molecule has 2 aromatic rings. The number of hydrogen-bond acceptors (Lipinski definition) is 7. The number of nitro benzene ring substituents is 1. The first-order chi connectivity index (χ1) is 14.7. The van der Waals surface area contributed by atoms with E-state index in [0.717, 1.165) is 18.2 Å². The number of carboxylic acids is 1. The molecule has 1 saturated heterocycles. The molecule has 0 atom stereocenters. The monoisotopic (exact) mass is 445 g/mol. The zero-order chi connectivity index (χ0) is 22.7. The summed E-state index contributed by atoms with van der Waals surface area (Å²) >= 11 is 5.95. The maximum absolute atomic E-state index is 12.9. The number of benzene rings is 2. The molecule has 1 aliphatic heterocycles. The molecule has 0 bridgehead atoms. The van der Waals surface area contributed by atoms with Crippen LogP contribution in [0.1, 0.15) is 5.56 Å². The molecule has 31 heavy (non-hydrogen) atoms. The van der Waals surface area contributed by atoms with Crippen molar-refractivity contribution in [2.45, 2.75) is 0 Å². The molecule has 2 N–H and O–H groups in total. The van der Waals surface area contributed by atoms with Gasteiger partial charge in [0, 0.05) is 22.7 Å². The second kappa shape index (κ2) is 8.63. The van der Waals surface area contributed by atoms with Gasteiger partial charge in [0.05, 0.1) is 10.6 Å². The van der Waals surface area contributed by atoms with Crippen LogP contribution in [0.4, 0.5) is 16.2 Å². The van der Waals surface area contributed by atoms with Gasteiger partial charge in [0.2, 0.25) is 0 Å². The highest BCUT2D eigenvalue weighted by Gasteiger charge is 2.37. The zero-order valence-electron chi connectivity index (χ0n) is 15.4. The zero-order valence-corrected chi connectivity index (χ0v) is 16.2. The highest BCUT2D eigenvalue weighted by molar-refractivity contribution is 6.39. The molecule has 1 heterocycles. The van der Waals surface area contributed by atoms with Crippen LogP contribution in [0.3, 0.4) is 0 Å². The minimum absolute atomic E-state index is 0.0000512. The molecule has 1 aliphatic rings. The van der Waals surface area contributed by atoms with Gasteiger partial charge in [-0.3, -0.25) is 25.0 Å². The van der Waals surface area contributed by atoms with Crippen LogP contribution < -0.4 is 15.0 Å². The SMILES string of the molecule is O=C(O)COc1ccc(Cl)cc1/C=C1\C(=O)NC(=O)N(c2ccc([N+](=O)[O-])cc2)C1=O. The fourth-order valence-electron chi connectivity index (χ4n) is 2.67. The summed E-state index contributed by atoms with van der Waals surface area (Å²) < 4.78 is 5.14. The second-order valence-electron chi connectivity index (χ2n) is 6.10. The molecule has 158 valence electrons. The average molecular weight is 446 g/mol. The minimum Gasteiger partial charge on any atom is -0.481 e. The summed E-state index contributed by atoms with van der Waals surface area (Å²) in [5, 5.41) is 21.8. The molecular formula is C19H12ClN3O8. The molecule has 0 spiro atoms. The lowest BCUT2D eigenvalue weighted by Gasteiger charge is -2.26. The van der Waals surface area contributed by atoms with Crippen molar-refractivity contribution in [1.29, 1.82) is 0 Å². The Morgan fingerprint density at radius 3 is 2.48 bits per heavy atom. The van der Waals surface area contributed by atoms with E-state index >= 15 is 0 Å². The Balaban J connectivity index is 2.00. The third-order valence-corrected chi connectivity index (χ3v) is 4.28. The summed E-state index contributed by atoms with van der Waals surface area (Å²) in [4.78, 5) is 59.0. The van der Waals surface area contributed by atoms with Gasteiger partial charge in [-0.05, 0) is 36.4 Å². The molecule has 12 heteroatoms. The maximum Gasteiger partial charge on any atom is 0.341 e. The predicted molar refractivity (Wildman–Crippen MR) is 107 cm³/mol. The fourth-order valence-corrected chi connectivity index (χ4v) is 2.85. The van der Waals surface area contributed by atoms with Crippen LogP contribution in [0.15, 0.2) is 48.0 Å². The number of ether oxygens (including phenoxy) is 1. The van der Waals surface area contributed by atoms with Gasteiger partial charge in [-0.2, -0.15) is 0 Å². The molecule has 0 aromatic heterocycles.